The topological polar surface area (TPSA) is 25.8 Å². The Morgan fingerprint density at radius 2 is 1.40 bits per heavy atom. The van der Waals surface area contributed by atoms with Crippen molar-refractivity contribution in [2.24, 2.45) is 0 Å². The maximum Gasteiger partial charge on any atom is 0.150 e. The van der Waals surface area contributed by atoms with Crippen LogP contribution in [0.5, 0.6) is 0 Å². The highest BCUT2D eigenvalue weighted by molar-refractivity contribution is 6.30. The number of rotatable bonds is 3. The zero-order chi connectivity index (χ0) is 13.8. The van der Waals surface area contributed by atoms with E-state index in [0.717, 1.165) is 5.69 Å². The Hall–Kier alpha value is -2.19. The molecule has 0 aliphatic heterocycles. The van der Waals surface area contributed by atoms with Gasteiger partial charge in [-0.05, 0) is 16.7 Å². The molecule has 0 spiro atoms. The molecule has 0 saturated heterocycles. The number of hydrogen-bond donors (Lipinski definition) is 0. The lowest BCUT2D eigenvalue weighted by Crippen LogP contribution is -1.94. The van der Waals surface area contributed by atoms with E-state index in [2.05, 4.69) is 46.4 Å². The highest BCUT2D eigenvalue weighted by Gasteiger charge is 2.04. The van der Waals surface area contributed by atoms with Gasteiger partial charge in [-0.15, -0.1) is 0 Å². The molecule has 0 bridgehead atoms. The molecule has 20 heavy (non-hydrogen) atoms. The Labute approximate surface area is 123 Å². The first-order chi connectivity index (χ1) is 9.83. The molecule has 0 aliphatic rings. The van der Waals surface area contributed by atoms with Crippen molar-refractivity contribution in [3.05, 3.63) is 83.4 Å². The van der Waals surface area contributed by atoms with Crippen LogP contribution >= 0.6 is 11.6 Å². The third-order valence-electron chi connectivity index (χ3n) is 3.16. The number of benzene rings is 2. The second-order valence-electron chi connectivity index (χ2n) is 4.53. The van der Waals surface area contributed by atoms with E-state index in [1.165, 1.54) is 16.7 Å². The van der Waals surface area contributed by atoms with Crippen LogP contribution in [0, 0.1) is 0 Å². The molecule has 0 N–H and O–H groups in total. The van der Waals surface area contributed by atoms with Gasteiger partial charge in [0.25, 0.3) is 0 Å². The maximum atomic E-state index is 6.03. The van der Waals surface area contributed by atoms with Crippen LogP contribution in [0.15, 0.2) is 67.0 Å². The minimum absolute atomic E-state index is 0.472. The van der Waals surface area contributed by atoms with Gasteiger partial charge >= 0.3 is 0 Å². The first-order valence-electron chi connectivity index (χ1n) is 6.43. The molecule has 2 aromatic carbocycles. The SMILES string of the molecule is Clc1nccnc1Cc1ccc(-c2ccccc2)cc1. The summed E-state index contributed by atoms with van der Waals surface area (Å²) in [5, 5.41) is 0.472. The number of hydrogen-bond acceptors (Lipinski definition) is 2. The Bertz CT molecular complexity index is 694. The average Bonchev–Trinajstić information content (AvgIpc) is 2.51. The molecule has 0 radical (unpaired) electrons. The zero-order valence-electron chi connectivity index (χ0n) is 10.8. The van der Waals surface area contributed by atoms with Crippen molar-refractivity contribution in [2.75, 3.05) is 0 Å². The largest absolute Gasteiger partial charge is 0.256 e. The summed E-state index contributed by atoms with van der Waals surface area (Å²) in [6, 6.07) is 18.8. The van der Waals surface area contributed by atoms with Crippen molar-refractivity contribution in [3.8, 4) is 11.1 Å². The smallest absolute Gasteiger partial charge is 0.150 e. The Morgan fingerprint density at radius 3 is 2.10 bits per heavy atom. The van der Waals surface area contributed by atoms with Gasteiger partial charge in [0.2, 0.25) is 0 Å². The monoisotopic (exact) mass is 280 g/mol. The molecule has 0 fully saturated rings. The van der Waals surface area contributed by atoms with Gasteiger partial charge in [-0.1, -0.05) is 66.2 Å². The van der Waals surface area contributed by atoms with E-state index >= 15 is 0 Å². The standard InChI is InChI=1S/C17H13ClN2/c18-17-16(19-10-11-20-17)12-13-6-8-15(9-7-13)14-4-2-1-3-5-14/h1-11H,12H2. The fourth-order valence-electron chi connectivity index (χ4n) is 2.11. The summed E-state index contributed by atoms with van der Waals surface area (Å²) in [6.45, 7) is 0. The van der Waals surface area contributed by atoms with E-state index in [0.29, 0.717) is 11.6 Å². The highest BCUT2D eigenvalue weighted by Crippen LogP contribution is 2.21. The van der Waals surface area contributed by atoms with E-state index < -0.39 is 0 Å². The Morgan fingerprint density at radius 1 is 0.750 bits per heavy atom. The molecule has 0 atom stereocenters. The van der Waals surface area contributed by atoms with Crippen LogP contribution in [-0.4, -0.2) is 9.97 Å². The molecule has 0 aliphatic carbocycles. The normalized spacial score (nSPS) is 10.4. The van der Waals surface area contributed by atoms with Gasteiger partial charge in [0, 0.05) is 18.8 Å². The predicted molar refractivity (Wildman–Crippen MR) is 81.7 cm³/mol. The molecule has 0 amide bonds. The van der Waals surface area contributed by atoms with Crippen molar-refractivity contribution in [1.29, 1.82) is 0 Å². The van der Waals surface area contributed by atoms with Crippen LogP contribution in [0.25, 0.3) is 11.1 Å². The van der Waals surface area contributed by atoms with Crippen LogP contribution in [0.1, 0.15) is 11.3 Å². The van der Waals surface area contributed by atoms with Crippen LogP contribution in [0.3, 0.4) is 0 Å². The van der Waals surface area contributed by atoms with E-state index in [1.807, 2.05) is 18.2 Å². The van der Waals surface area contributed by atoms with Crippen molar-refractivity contribution in [1.82, 2.24) is 9.97 Å². The molecule has 3 aromatic rings. The summed E-state index contributed by atoms with van der Waals surface area (Å²) in [6.07, 6.45) is 3.96. The summed E-state index contributed by atoms with van der Waals surface area (Å²) < 4.78 is 0. The highest BCUT2D eigenvalue weighted by atomic mass is 35.5. The number of halogens is 1. The quantitative estimate of drug-likeness (QED) is 0.711. The molecular weight excluding hydrogens is 268 g/mol. The van der Waals surface area contributed by atoms with Crippen LogP contribution in [0.4, 0.5) is 0 Å². The molecule has 1 aromatic heterocycles. The molecule has 1 heterocycles. The fourth-order valence-corrected chi connectivity index (χ4v) is 2.28. The summed E-state index contributed by atoms with van der Waals surface area (Å²) in [5.41, 5.74) is 4.41. The second kappa shape index (κ2) is 5.85. The lowest BCUT2D eigenvalue weighted by molar-refractivity contribution is 1.03. The number of nitrogens with zero attached hydrogens (tertiary/aromatic N) is 2. The summed E-state index contributed by atoms with van der Waals surface area (Å²) in [7, 11) is 0. The Kier molecular flexibility index (Phi) is 3.75. The summed E-state index contributed by atoms with van der Waals surface area (Å²) in [4.78, 5) is 8.30. The maximum absolute atomic E-state index is 6.03. The first-order valence-corrected chi connectivity index (χ1v) is 6.80. The number of aromatic nitrogens is 2. The lowest BCUT2D eigenvalue weighted by Gasteiger charge is -2.05. The van der Waals surface area contributed by atoms with E-state index in [9.17, 15) is 0 Å². The minimum Gasteiger partial charge on any atom is -0.256 e. The van der Waals surface area contributed by atoms with Crippen LogP contribution in [0.2, 0.25) is 5.15 Å². The van der Waals surface area contributed by atoms with Gasteiger partial charge in [-0.25, -0.2) is 4.98 Å². The zero-order valence-corrected chi connectivity index (χ0v) is 11.6. The third kappa shape index (κ3) is 2.86. The van der Waals surface area contributed by atoms with E-state index in [4.69, 9.17) is 11.6 Å². The van der Waals surface area contributed by atoms with Gasteiger partial charge in [0.1, 0.15) is 0 Å². The summed E-state index contributed by atoms with van der Waals surface area (Å²) >= 11 is 6.03. The Balaban J connectivity index is 1.82. The molecule has 3 rings (SSSR count). The molecular formula is C17H13ClN2. The average molecular weight is 281 g/mol. The third-order valence-corrected chi connectivity index (χ3v) is 3.47. The molecule has 0 saturated carbocycles. The van der Waals surface area contributed by atoms with Crippen molar-refractivity contribution in [3.63, 3.8) is 0 Å². The van der Waals surface area contributed by atoms with E-state index in [1.54, 1.807) is 12.4 Å². The van der Waals surface area contributed by atoms with Gasteiger partial charge in [0.05, 0.1) is 5.69 Å². The second-order valence-corrected chi connectivity index (χ2v) is 4.89. The van der Waals surface area contributed by atoms with Crippen molar-refractivity contribution >= 4 is 11.6 Å². The van der Waals surface area contributed by atoms with Crippen LogP contribution < -0.4 is 0 Å². The fraction of sp³-hybridized carbons (Fsp3) is 0.0588. The molecule has 98 valence electrons. The van der Waals surface area contributed by atoms with Gasteiger partial charge in [0.15, 0.2) is 5.15 Å². The first kappa shape index (κ1) is 12.8. The van der Waals surface area contributed by atoms with Crippen molar-refractivity contribution < 1.29 is 0 Å². The molecule has 0 unspecified atom stereocenters. The summed E-state index contributed by atoms with van der Waals surface area (Å²) in [5.74, 6) is 0. The lowest BCUT2D eigenvalue weighted by atomic mass is 10.0. The molecule has 3 heteroatoms. The van der Waals surface area contributed by atoms with Gasteiger partial charge in [-0.3, -0.25) is 4.98 Å². The molecule has 2 nitrogen and oxygen atoms in total. The predicted octanol–water partition coefficient (Wildman–Crippen LogP) is 4.39. The van der Waals surface area contributed by atoms with Gasteiger partial charge < -0.3 is 0 Å². The minimum atomic E-state index is 0.472. The van der Waals surface area contributed by atoms with E-state index in [-0.39, 0.29) is 0 Å². The van der Waals surface area contributed by atoms with Crippen molar-refractivity contribution in [2.45, 2.75) is 6.42 Å². The van der Waals surface area contributed by atoms with Crippen LogP contribution in [-0.2, 0) is 6.42 Å². The van der Waals surface area contributed by atoms with Gasteiger partial charge in [-0.2, -0.15) is 0 Å².